The molecule has 2 aromatic rings. The fourth-order valence-electron chi connectivity index (χ4n) is 6.66. The van der Waals surface area contributed by atoms with Crippen LogP contribution in [0.15, 0.2) is 60.7 Å². The zero-order valence-electron chi connectivity index (χ0n) is 22.2. The molecule has 3 fully saturated rings. The molecule has 3 heterocycles. The van der Waals surface area contributed by atoms with Crippen molar-refractivity contribution < 1.29 is 49.6 Å². The molecular weight excluding hydrogens is 551 g/mol. The van der Waals surface area contributed by atoms with E-state index in [1.165, 1.54) is 43.3 Å². The number of methoxy groups -OCH3 is 1. The average Bonchev–Trinajstić information content (AvgIpc) is 3.46. The number of hydrogen-bond acceptors (Lipinski definition) is 7. The first-order valence-electron chi connectivity index (χ1n) is 13.3. The smallest absolute Gasteiger partial charge is 0.485 e. The average molecular weight is 586 g/mol. The van der Waals surface area contributed by atoms with Gasteiger partial charge in [0.25, 0.3) is 0 Å². The second-order valence-electron chi connectivity index (χ2n) is 10.5. The van der Waals surface area contributed by atoms with E-state index in [0.29, 0.717) is 12.1 Å². The minimum atomic E-state index is -6.09. The van der Waals surface area contributed by atoms with Gasteiger partial charge in [-0.1, -0.05) is 60.7 Å². The molecule has 8 nitrogen and oxygen atoms in total. The van der Waals surface area contributed by atoms with Crippen LogP contribution in [0.4, 0.5) is 13.2 Å². The SMILES string of the molecule is COCOC(C(=O)OC1CC2CCC(C1)[N+]21CCCC1)(c1ccccc1)c1ccccc1.O=S(=O)([O-])C(F)(F)F. The summed E-state index contributed by atoms with van der Waals surface area (Å²) in [5.74, 6) is -0.341. The summed E-state index contributed by atoms with van der Waals surface area (Å²) < 4.78 is 78.0. The molecule has 3 aliphatic heterocycles. The monoisotopic (exact) mass is 585 g/mol. The number of halogens is 3. The molecule has 2 atom stereocenters. The number of alkyl halides is 3. The number of nitrogens with zero attached hydrogens (tertiary/aromatic N) is 1. The molecule has 0 aromatic heterocycles. The Kier molecular flexibility index (Phi) is 9.25. The summed E-state index contributed by atoms with van der Waals surface area (Å²) in [4.78, 5) is 14.0. The van der Waals surface area contributed by atoms with Crippen molar-refractivity contribution in [2.24, 2.45) is 0 Å². The predicted molar refractivity (Wildman–Crippen MR) is 138 cm³/mol. The highest BCUT2D eigenvalue weighted by Crippen LogP contribution is 2.47. The Labute approximate surface area is 232 Å². The number of quaternary nitrogens is 1. The van der Waals surface area contributed by atoms with E-state index in [1.54, 1.807) is 7.11 Å². The van der Waals surface area contributed by atoms with Crippen LogP contribution in [0.5, 0.6) is 0 Å². The van der Waals surface area contributed by atoms with Crippen molar-refractivity contribution >= 4 is 16.1 Å². The molecule has 220 valence electrons. The fourth-order valence-corrected chi connectivity index (χ4v) is 6.66. The summed E-state index contributed by atoms with van der Waals surface area (Å²) in [5, 5.41) is 0. The zero-order chi connectivity index (χ0) is 29.0. The van der Waals surface area contributed by atoms with Crippen LogP contribution >= 0.6 is 0 Å². The number of carbonyl (C=O) groups excluding carboxylic acids is 1. The quantitative estimate of drug-likeness (QED) is 0.156. The predicted octanol–water partition coefficient (Wildman–Crippen LogP) is 4.45. The molecule has 2 unspecified atom stereocenters. The summed E-state index contributed by atoms with van der Waals surface area (Å²) in [6.07, 6.45) is 7.09. The van der Waals surface area contributed by atoms with Crippen molar-refractivity contribution in [3.63, 3.8) is 0 Å². The molecule has 2 bridgehead atoms. The van der Waals surface area contributed by atoms with Crippen molar-refractivity contribution in [1.29, 1.82) is 0 Å². The number of piperidine rings is 1. The van der Waals surface area contributed by atoms with Crippen molar-refractivity contribution in [3.05, 3.63) is 71.8 Å². The number of ether oxygens (including phenoxy) is 3. The lowest BCUT2D eigenvalue weighted by Gasteiger charge is -2.47. The molecule has 0 aliphatic carbocycles. The lowest BCUT2D eigenvalue weighted by atomic mass is 9.85. The first-order valence-corrected chi connectivity index (χ1v) is 14.7. The Hall–Kier alpha value is -2.51. The van der Waals surface area contributed by atoms with Gasteiger partial charge in [0.15, 0.2) is 10.1 Å². The van der Waals surface area contributed by atoms with Gasteiger partial charge in [0.05, 0.1) is 25.2 Å². The molecule has 0 N–H and O–H groups in total. The number of carbonyl (C=O) groups is 1. The number of esters is 1. The molecule has 12 heteroatoms. The first-order chi connectivity index (χ1) is 18.9. The molecular formula is C28H34F3NO7S. The van der Waals surface area contributed by atoms with Gasteiger partial charge in [-0.2, -0.15) is 13.2 Å². The minimum Gasteiger partial charge on any atom is -0.741 e. The van der Waals surface area contributed by atoms with E-state index in [2.05, 4.69) is 0 Å². The third kappa shape index (κ3) is 6.06. The van der Waals surface area contributed by atoms with E-state index >= 15 is 0 Å². The second-order valence-corrected chi connectivity index (χ2v) is 11.9. The van der Waals surface area contributed by atoms with Crippen LogP contribution in [0.1, 0.15) is 49.7 Å². The van der Waals surface area contributed by atoms with E-state index in [9.17, 15) is 18.0 Å². The molecule has 1 spiro atoms. The first kappa shape index (κ1) is 30.4. The molecule has 40 heavy (non-hydrogen) atoms. The maximum Gasteiger partial charge on any atom is 0.485 e. The second kappa shape index (κ2) is 12.2. The van der Waals surface area contributed by atoms with Gasteiger partial charge >= 0.3 is 11.5 Å². The van der Waals surface area contributed by atoms with Crippen molar-refractivity contribution in [1.82, 2.24) is 0 Å². The normalized spacial score (nSPS) is 23.9. The van der Waals surface area contributed by atoms with E-state index in [0.717, 1.165) is 24.0 Å². The van der Waals surface area contributed by atoms with E-state index in [-0.39, 0.29) is 18.9 Å². The van der Waals surface area contributed by atoms with Crippen LogP contribution in [-0.2, 0) is 34.7 Å². The van der Waals surface area contributed by atoms with Crippen LogP contribution in [0, 0.1) is 0 Å². The Bertz CT molecular complexity index is 1180. The third-order valence-corrected chi connectivity index (χ3v) is 8.92. The summed E-state index contributed by atoms with van der Waals surface area (Å²) >= 11 is 0. The minimum absolute atomic E-state index is 0.00515. The van der Waals surface area contributed by atoms with Gasteiger partial charge in [-0.15, -0.1) is 0 Å². The highest BCUT2D eigenvalue weighted by atomic mass is 32.2. The summed E-state index contributed by atoms with van der Waals surface area (Å²) in [6, 6.07) is 20.6. The Morgan fingerprint density at radius 2 is 1.38 bits per heavy atom. The van der Waals surface area contributed by atoms with Gasteiger partial charge in [-0.25, -0.2) is 13.2 Å². The molecule has 0 amide bonds. The summed E-state index contributed by atoms with van der Waals surface area (Å²) in [7, 11) is -4.52. The van der Waals surface area contributed by atoms with Gasteiger partial charge in [0.2, 0.25) is 5.60 Å². The Balaban J connectivity index is 0.000000406. The standard InChI is InChI=1S/C27H34NO4.CHF3O3S/c1-30-20-31-27(21-10-4-2-5-11-21,22-12-6-3-7-13-22)26(29)32-25-18-23-14-15-24(19-25)28(23)16-8-9-17-28;2-1(3,4)8(5,6)7/h2-7,10-13,23-25H,8-9,14-20H2,1H3;(H,5,6,7)/q+1;/p-1. The number of rotatable bonds is 7. The van der Waals surface area contributed by atoms with E-state index in [1.807, 2.05) is 60.7 Å². The number of benzene rings is 2. The maximum absolute atomic E-state index is 14.0. The van der Waals surface area contributed by atoms with E-state index in [4.69, 9.17) is 27.2 Å². The topological polar surface area (TPSA) is 102 Å². The lowest BCUT2D eigenvalue weighted by Crippen LogP contribution is -2.60. The van der Waals surface area contributed by atoms with Gasteiger partial charge in [-0.3, -0.25) is 0 Å². The van der Waals surface area contributed by atoms with Gasteiger partial charge in [0.1, 0.15) is 12.9 Å². The van der Waals surface area contributed by atoms with Crippen molar-refractivity contribution in [2.45, 2.75) is 67.8 Å². The molecule has 3 aliphatic rings. The molecule has 5 rings (SSSR count). The molecule has 2 aromatic carbocycles. The molecule has 3 saturated heterocycles. The van der Waals surface area contributed by atoms with E-state index < -0.39 is 21.2 Å². The van der Waals surface area contributed by atoms with Gasteiger partial charge in [-0.05, 0) is 11.1 Å². The van der Waals surface area contributed by atoms with Crippen LogP contribution in [0.3, 0.4) is 0 Å². The van der Waals surface area contributed by atoms with Crippen LogP contribution in [0.25, 0.3) is 0 Å². The van der Waals surface area contributed by atoms with Crippen LogP contribution in [-0.4, -0.2) is 74.1 Å². The van der Waals surface area contributed by atoms with Crippen LogP contribution < -0.4 is 0 Å². The third-order valence-electron chi connectivity index (χ3n) is 8.35. The highest BCUT2D eigenvalue weighted by Gasteiger charge is 2.56. The van der Waals surface area contributed by atoms with Crippen molar-refractivity contribution in [2.75, 3.05) is 27.0 Å². The fraction of sp³-hybridized carbons (Fsp3) is 0.536. The number of hydrogen-bond donors (Lipinski definition) is 0. The molecule has 0 radical (unpaired) electrons. The maximum atomic E-state index is 14.0. The van der Waals surface area contributed by atoms with Crippen molar-refractivity contribution in [3.8, 4) is 0 Å². The Morgan fingerprint density at radius 3 is 1.77 bits per heavy atom. The zero-order valence-corrected chi connectivity index (χ0v) is 23.0. The molecule has 0 saturated carbocycles. The summed E-state index contributed by atoms with van der Waals surface area (Å²) in [5.41, 5.74) is -5.48. The van der Waals surface area contributed by atoms with Gasteiger partial charge < -0.3 is 23.2 Å². The van der Waals surface area contributed by atoms with Crippen LogP contribution in [0.2, 0.25) is 0 Å². The lowest BCUT2D eigenvalue weighted by molar-refractivity contribution is -0.956. The highest BCUT2D eigenvalue weighted by molar-refractivity contribution is 7.86. The van der Waals surface area contributed by atoms with Gasteiger partial charge in [0, 0.05) is 45.6 Å². The Morgan fingerprint density at radius 1 is 0.925 bits per heavy atom. The summed E-state index contributed by atoms with van der Waals surface area (Å²) in [6.45, 7) is 2.62. The largest absolute Gasteiger partial charge is 0.741 e.